The lowest BCUT2D eigenvalue weighted by atomic mass is 9.91. The fourth-order valence-corrected chi connectivity index (χ4v) is 2.56. The zero-order valence-corrected chi connectivity index (χ0v) is 14.2. The van der Waals surface area contributed by atoms with Crippen molar-refractivity contribution < 1.29 is 24.2 Å². The van der Waals surface area contributed by atoms with Crippen LogP contribution in [0.1, 0.15) is 45.1 Å². The maximum Gasteiger partial charge on any atom is 0.343 e. The average molecular weight is 335 g/mol. The summed E-state index contributed by atoms with van der Waals surface area (Å²) in [6, 6.07) is 9.98. The van der Waals surface area contributed by atoms with E-state index >= 15 is 0 Å². The second kappa shape index (κ2) is 9.70. The lowest BCUT2D eigenvalue weighted by Crippen LogP contribution is -2.60. The Labute approximate surface area is 142 Å². The van der Waals surface area contributed by atoms with E-state index < -0.39 is 23.4 Å². The molecule has 1 amide bonds. The second-order valence-corrected chi connectivity index (χ2v) is 5.66. The van der Waals surface area contributed by atoms with E-state index in [1.54, 1.807) is 6.92 Å². The summed E-state index contributed by atoms with van der Waals surface area (Å²) in [7, 11) is 0. The molecule has 1 aromatic carbocycles. The first-order chi connectivity index (χ1) is 11.4. The van der Waals surface area contributed by atoms with Crippen LogP contribution in [0.2, 0.25) is 0 Å². The van der Waals surface area contributed by atoms with Crippen molar-refractivity contribution >= 4 is 17.8 Å². The molecule has 0 saturated heterocycles. The van der Waals surface area contributed by atoms with E-state index in [0.29, 0.717) is 6.42 Å². The van der Waals surface area contributed by atoms with Gasteiger partial charge in [0.05, 0.1) is 6.61 Å². The molecule has 0 aliphatic carbocycles. The van der Waals surface area contributed by atoms with Gasteiger partial charge in [-0.25, -0.2) is 9.59 Å². The third-order valence-electron chi connectivity index (χ3n) is 3.74. The molecule has 1 rings (SSSR count). The number of carbonyl (C=O) groups excluding carboxylic acids is 2. The molecule has 0 fully saturated rings. The smallest absolute Gasteiger partial charge is 0.343 e. The Balaban J connectivity index is 2.62. The van der Waals surface area contributed by atoms with Crippen molar-refractivity contribution in [2.75, 3.05) is 6.61 Å². The number of carbonyl (C=O) groups is 3. The molecule has 24 heavy (non-hydrogen) atoms. The van der Waals surface area contributed by atoms with Crippen LogP contribution in [0, 0.1) is 0 Å². The Morgan fingerprint density at radius 2 is 1.79 bits per heavy atom. The van der Waals surface area contributed by atoms with Gasteiger partial charge in [0.15, 0.2) is 0 Å². The normalized spacial score (nSPS) is 12.9. The number of nitrogens with one attached hydrogen (secondary N) is 1. The van der Waals surface area contributed by atoms with Crippen LogP contribution in [0.5, 0.6) is 0 Å². The summed E-state index contributed by atoms with van der Waals surface area (Å²) >= 11 is 0. The number of benzene rings is 1. The van der Waals surface area contributed by atoms with Crippen molar-refractivity contribution in [3.63, 3.8) is 0 Å². The van der Waals surface area contributed by atoms with Gasteiger partial charge < -0.3 is 15.2 Å². The fourth-order valence-electron chi connectivity index (χ4n) is 2.56. The van der Waals surface area contributed by atoms with Crippen molar-refractivity contribution in [1.82, 2.24) is 5.32 Å². The van der Waals surface area contributed by atoms with Gasteiger partial charge in [-0.3, -0.25) is 4.79 Å². The number of hydrogen-bond donors (Lipinski definition) is 2. The van der Waals surface area contributed by atoms with Gasteiger partial charge in [-0.2, -0.15) is 0 Å². The molecule has 0 aliphatic rings. The first kappa shape index (κ1) is 19.7. The van der Waals surface area contributed by atoms with Crippen LogP contribution < -0.4 is 5.32 Å². The summed E-state index contributed by atoms with van der Waals surface area (Å²) in [5, 5.41) is 11.8. The predicted molar refractivity (Wildman–Crippen MR) is 89.4 cm³/mol. The highest BCUT2D eigenvalue weighted by molar-refractivity contribution is 6.06. The number of carboxylic acids is 1. The van der Waals surface area contributed by atoms with E-state index in [1.165, 1.54) is 12.5 Å². The number of rotatable bonds is 10. The summed E-state index contributed by atoms with van der Waals surface area (Å²) in [6.07, 6.45) is 3.03. The van der Waals surface area contributed by atoms with Gasteiger partial charge in [-0.1, -0.05) is 36.8 Å². The molecule has 1 unspecified atom stereocenters. The molecule has 0 aliphatic heterocycles. The number of aliphatic carboxylic acids is 1. The van der Waals surface area contributed by atoms with Gasteiger partial charge in [0.1, 0.15) is 0 Å². The Morgan fingerprint density at radius 3 is 2.33 bits per heavy atom. The van der Waals surface area contributed by atoms with E-state index in [-0.39, 0.29) is 13.0 Å². The van der Waals surface area contributed by atoms with E-state index in [0.717, 1.165) is 19.3 Å². The number of ether oxygens (including phenoxy) is 1. The van der Waals surface area contributed by atoms with Crippen molar-refractivity contribution in [2.45, 2.75) is 51.5 Å². The fraction of sp³-hybridized carbons (Fsp3) is 0.500. The molecular formula is C18H25NO5. The number of carboxylic acid groups (broad SMARTS) is 1. The van der Waals surface area contributed by atoms with Gasteiger partial charge in [0.2, 0.25) is 11.4 Å². The maximum atomic E-state index is 12.1. The molecular weight excluding hydrogens is 310 g/mol. The summed E-state index contributed by atoms with van der Waals surface area (Å²) in [4.78, 5) is 35.1. The van der Waals surface area contributed by atoms with Gasteiger partial charge in [0, 0.05) is 6.92 Å². The molecule has 6 nitrogen and oxygen atoms in total. The molecule has 0 spiro atoms. The standard InChI is InChI=1S/C18H25NO5/c1-3-24-17(23)18(16(21)22,19-14(2)20)13-9-5-8-12-15-10-6-4-7-11-15/h4,6-7,10-11H,3,5,8-9,12-13H2,1-2H3,(H,19,20)(H,21,22). The highest BCUT2D eigenvalue weighted by Gasteiger charge is 2.48. The number of amides is 1. The summed E-state index contributed by atoms with van der Waals surface area (Å²) in [5.41, 5.74) is -0.788. The topological polar surface area (TPSA) is 92.7 Å². The number of unbranched alkanes of at least 4 members (excludes halogenated alkanes) is 2. The van der Waals surface area contributed by atoms with Crippen LogP contribution in [0.25, 0.3) is 0 Å². The van der Waals surface area contributed by atoms with Crippen LogP contribution >= 0.6 is 0 Å². The van der Waals surface area contributed by atoms with Crippen molar-refractivity contribution in [3.05, 3.63) is 35.9 Å². The highest BCUT2D eigenvalue weighted by atomic mass is 16.5. The van der Waals surface area contributed by atoms with E-state index in [2.05, 4.69) is 5.32 Å². The Kier molecular flexibility index (Phi) is 7.95. The summed E-state index contributed by atoms with van der Waals surface area (Å²) in [5.74, 6) is -2.88. The summed E-state index contributed by atoms with van der Waals surface area (Å²) in [6.45, 7) is 2.84. The zero-order chi connectivity index (χ0) is 18.0. The van der Waals surface area contributed by atoms with Crippen molar-refractivity contribution in [2.24, 2.45) is 0 Å². The van der Waals surface area contributed by atoms with Gasteiger partial charge in [-0.05, 0) is 38.2 Å². The van der Waals surface area contributed by atoms with E-state index in [4.69, 9.17) is 4.74 Å². The SMILES string of the molecule is CCOC(=O)C(CCCCCc1ccccc1)(NC(C)=O)C(=O)O. The van der Waals surface area contributed by atoms with Gasteiger partial charge in [0.25, 0.3) is 0 Å². The first-order valence-electron chi connectivity index (χ1n) is 8.15. The molecule has 6 heteroatoms. The molecule has 1 aromatic rings. The van der Waals surface area contributed by atoms with Crippen molar-refractivity contribution in [3.8, 4) is 0 Å². The monoisotopic (exact) mass is 335 g/mol. The molecule has 0 radical (unpaired) electrons. The number of esters is 1. The van der Waals surface area contributed by atoms with Crippen LogP contribution in [0.3, 0.4) is 0 Å². The van der Waals surface area contributed by atoms with Gasteiger partial charge in [-0.15, -0.1) is 0 Å². The summed E-state index contributed by atoms with van der Waals surface area (Å²) < 4.78 is 4.86. The molecule has 0 saturated carbocycles. The largest absolute Gasteiger partial charge is 0.479 e. The molecule has 2 N–H and O–H groups in total. The van der Waals surface area contributed by atoms with Crippen LogP contribution in [-0.4, -0.2) is 35.1 Å². The molecule has 0 bridgehead atoms. The minimum absolute atomic E-state index is 0.00946. The average Bonchev–Trinajstić information content (AvgIpc) is 2.54. The first-order valence-corrected chi connectivity index (χ1v) is 8.15. The quantitative estimate of drug-likeness (QED) is 0.389. The number of hydrogen-bond acceptors (Lipinski definition) is 4. The molecule has 1 atom stereocenters. The highest BCUT2D eigenvalue weighted by Crippen LogP contribution is 2.19. The lowest BCUT2D eigenvalue weighted by Gasteiger charge is -2.27. The van der Waals surface area contributed by atoms with Crippen LogP contribution in [0.4, 0.5) is 0 Å². The zero-order valence-electron chi connectivity index (χ0n) is 14.2. The molecule has 0 heterocycles. The predicted octanol–water partition coefficient (Wildman–Crippen LogP) is 2.31. The van der Waals surface area contributed by atoms with Gasteiger partial charge >= 0.3 is 11.9 Å². The third-order valence-corrected chi connectivity index (χ3v) is 3.74. The maximum absolute atomic E-state index is 12.1. The Bertz CT molecular complexity index is 558. The lowest BCUT2D eigenvalue weighted by molar-refractivity contribution is -0.165. The molecule has 132 valence electrons. The van der Waals surface area contributed by atoms with Crippen molar-refractivity contribution in [1.29, 1.82) is 0 Å². The third kappa shape index (κ3) is 5.68. The Morgan fingerprint density at radius 1 is 1.12 bits per heavy atom. The second-order valence-electron chi connectivity index (χ2n) is 5.66. The van der Waals surface area contributed by atoms with Crippen LogP contribution in [-0.2, 0) is 25.5 Å². The van der Waals surface area contributed by atoms with E-state index in [9.17, 15) is 19.5 Å². The van der Waals surface area contributed by atoms with E-state index in [1.807, 2.05) is 30.3 Å². The molecule has 0 aromatic heterocycles. The minimum Gasteiger partial charge on any atom is -0.479 e. The number of aryl methyl sites for hydroxylation is 1. The van der Waals surface area contributed by atoms with Crippen LogP contribution in [0.15, 0.2) is 30.3 Å². The minimum atomic E-state index is -2.01. The Hall–Kier alpha value is -2.37.